The molecule has 1 unspecified atom stereocenters. The number of fused-ring (bicyclic) bond motifs is 9. The molecule has 12 aromatic rings. The molecular formula is C85H85NO6. The van der Waals surface area contributed by atoms with E-state index in [9.17, 15) is 9.59 Å². The molecule has 466 valence electrons. The minimum atomic E-state index is -0.731. The van der Waals surface area contributed by atoms with Gasteiger partial charge < -0.3 is 23.5 Å². The SMILES string of the molecule is CC.CC(C)(C)OC(=O)Oc1ccc2cc(C3(c4ccc5c(c4)=CCC(OC(=O)OC(C)(C)C)C=5)c4ccccc4-c4ccccc43)ccc2c1.CC(C)c1ccccc1.CC(C)c1ccccc1.c1ccc2c(-n3c4ccccc4c4ccccc43)cccc2c1. The van der Waals surface area contributed by atoms with Crippen LogP contribution in [-0.4, -0.2) is 34.2 Å². The van der Waals surface area contributed by atoms with Crippen LogP contribution in [-0.2, 0) is 19.6 Å². The number of ether oxygens (including phenoxy) is 4. The number of hydrogen-bond acceptors (Lipinski definition) is 6. The van der Waals surface area contributed by atoms with E-state index in [1.807, 2.05) is 85.7 Å². The van der Waals surface area contributed by atoms with Crippen LogP contribution in [0.2, 0.25) is 0 Å². The third kappa shape index (κ3) is 14.6. The zero-order valence-corrected chi connectivity index (χ0v) is 55.2. The quantitative estimate of drug-likeness (QED) is 0.117. The van der Waals surface area contributed by atoms with Crippen molar-refractivity contribution in [3.8, 4) is 22.6 Å². The Morgan fingerprint density at radius 2 is 0.913 bits per heavy atom. The summed E-state index contributed by atoms with van der Waals surface area (Å²) >= 11 is 0. The summed E-state index contributed by atoms with van der Waals surface area (Å²) in [5.41, 5.74) is 11.8. The number of aromatic nitrogens is 1. The lowest BCUT2D eigenvalue weighted by molar-refractivity contribution is -0.0151. The Bertz CT molecular complexity index is 4510. The van der Waals surface area contributed by atoms with E-state index in [1.165, 1.54) is 71.6 Å². The van der Waals surface area contributed by atoms with E-state index < -0.39 is 35.0 Å². The molecule has 7 nitrogen and oxygen atoms in total. The molecule has 7 heteroatoms. The van der Waals surface area contributed by atoms with Crippen molar-refractivity contribution >= 4 is 67.8 Å². The highest BCUT2D eigenvalue weighted by Crippen LogP contribution is 2.56. The van der Waals surface area contributed by atoms with Gasteiger partial charge in [-0.25, -0.2) is 9.59 Å². The van der Waals surface area contributed by atoms with Gasteiger partial charge in [0.1, 0.15) is 23.1 Å². The van der Waals surface area contributed by atoms with Crippen LogP contribution in [0.25, 0.3) is 72.3 Å². The first-order valence-electron chi connectivity index (χ1n) is 32.3. The number of hydrogen-bond donors (Lipinski definition) is 0. The number of rotatable bonds is 7. The van der Waals surface area contributed by atoms with E-state index in [2.05, 4.69) is 263 Å². The third-order valence-corrected chi connectivity index (χ3v) is 16.4. The maximum absolute atomic E-state index is 12.4. The van der Waals surface area contributed by atoms with Gasteiger partial charge in [0.25, 0.3) is 0 Å². The third-order valence-electron chi connectivity index (χ3n) is 16.4. The monoisotopic (exact) mass is 1220 g/mol. The minimum absolute atomic E-state index is 0.403. The van der Waals surface area contributed by atoms with Gasteiger partial charge in [-0.05, 0) is 173 Å². The van der Waals surface area contributed by atoms with Gasteiger partial charge in [0, 0.05) is 22.6 Å². The molecular weight excluding hydrogens is 1130 g/mol. The van der Waals surface area contributed by atoms with E-state index >= 15 is 0 Å². The van der Waals surface area contributed by atoms with Crippen LogP contribution in [0.1, 0.15) is 135 Å². The van der Waals surface area contributed by atoms with Gasteiger partial charge in [-0.1, -0.05) is 260 Å². The first-order valence-corrected chi connectivity index (χ1v) is 32.3. The Labute approximate surface area is 543 Å². The lowest BCUT2D eigenvalue weighted by Crippen LogP contribution is -2.36. The zero-order valence-electron chi connectivity index (χ0n) is 55.2. The molecule has 14 rings (SSSR count). The molecule has 1 atom stereocenters. The molecule has 0 radical (unpaired) electrons. The molecule has 0 N–H and O–H groups in total. The Morgan fingerprint density at radius 1 is 0.446 bits per heavy atom. The van der Waals surface area contributed by atoms with Crippen molar-refractivity contribution in [2.45, 2.75) is 124 Å². The van der Waals surface area contributed by atoms with Crippen LogP contribution in [0.5, 0.6) is 5.75 Å². The van der Waals surface area contributed by atoms with Crippen LogP contribution >= 0.6 is 0 Å². The van der Waals surface area contributed by atoms with Crippen LogP contribution in [0.4, 0.5) is 9.59 Å². The number of carbonyl (C=O) groups is 2. The van der Waals surface area contributed by atoms with Gasteiger partial charge in [0.15, 0.2) is 0 Å². The molecule has 0 saturated carbocycles. The van der Waals surface area contributed by atoms with Gasteiger partial charge in [-0.2, -0.15) is 0 Å². The van der Waals surface area contributed by atoms with Crippen LogP contribution < -0.4 is 15.2 Å². The predicted molar refractivity (Wildman–Crippen MR) is 383 cm³/mol. The number of carbonyl (C=O) groups excluding carboxylic acids is 2. The molecule has 11 aromatic carbocycles. The number of para-hydroxylation sites is 2. The normalized spacial score (nSPS) is 13.4. The average Bonchev–Trinajstić information content (AvgIpc) is 1.53. The topological polar surface area (TPSA) is 76.0 Å². The van der Waals surface area contributed by atoms with Crippen molar-refractivity contribution < 1.29 is 28.5 Å². The summed E-state index contributed by atoms with van der Waals surface area (Å²) in [7, 11) is 0. The molecule has 0 bridgehead atoms. The molecule has 1 aromatic heterocycles. The second kappa shape index (κ2) is 28.5. The summed E-state index contributed by atoms with van der Waals surface area (Å²) in [6.07, 6.45) is 2.89. The molecule has 0 fully saturated rings. The minimum Gasteiger partial charge on any atom is -0.429 e. The Kier molecular flexibility index (Phi) is 20.1. The Balaban J connectivity index is 0.000000174. The van der Waals surface area contributed by atoms with Gasteiger partial charge in [0.05, 0.1) is 22.1 Å². The van der Waals surface area contributed by atoms with Gasteiger partial charge >= 0.3 is 12.3 Å². The van der Waals surface area contributed by atoms with Crippen LogP contribution in [0.15, 0.2) is 255 Å². The maximum Gasteiger partial charge on any atom is 0.514 e. The van der Waals surface area contributed by atoms with Crippen molar-refractivity contribution in [2.75, 3.05) is 0 Å². The fourth-order valence-corrected chi connectivity index (χ4v) is 12.3. The zero-order chi connectivity index (χ0) is 65.2. The van der Waals surface area contributed by atoms with E-state index in [-0.39, 0.29) is 0 Å². The number of nitrogens with zero attached hydrogens (tertiary/aromatic N) is 1. The summed E-state index contributed by atoms with van der Waals surface area (Å²) in [5.74, 6) is 1.74. The Morgan fingerprint density at radius 3 is 1.48 bits per heavy atom. The summed E-state index contributed by atoms with van der Waals surface area (Å²) in [6.45, 7) is 23.7. The average molecular weight is 1220 g/mol. The molecule has 0 spiro atoms. The summed E-state index contributed by atoms with van der Waals surface area (Å²) in [4.78, 5) is 24.8. The summed E-state index contributed by atoms with van der Waals surface area (Å²) < 4.78 is 24.3. The van der Waals surface area contributed by atoms with E-state index in [0.29, 0.717) is 24.0 Å². The fraction of sp³-hybridized carbons (Fsp3) is 0.224. The molecule has 92 heavy (non-hydrogen) atoms. The molecule has 0 amide bonds. The maximum atomic E-state index is 12.4. The second-order valence-electron chi connectivity index (χ2n) is 25.7. The molecule has 2 aliphatic carbocycles. The van der Waals surface area contributed by atoms with Crippen LogP contribution in [0.3, 0.4) is 0 Å². The van der Waals surface area contributed by atoms with E-state index in [4.69, 9.17) is 18.9 Å². The predicted octanol–water partition coefficient (Wildman–Crippen LogP) is 21.4. The van der Waals surface area contributed by atoms with Gasteiger partial charge in [-0.3, -0.25) is 0 Å². The van der Waals surface area contributed by atoms with Crippen molar-refractivity contribution in [2.24, 2.45) is 0 Å². The van der Waals surface area contributed by atoms with Gasteiger partial charge in [-0.15, -0.1) is 0 Å². The first-order chi connectivity index (χ1) is 44.3. The molecule has 0 aliphatic heterocycles. The van der Waals surface area contributed by atoms with E-state index in [1.54, 1.807) is 6.07 Å². The van der Waals surface area contributed by atoms with Crippen molar-refractivity contribution in [1.82, 2.24) is 4.57 Å². The van der Waals surface area contributed by atoms with E-state index in [0.717, 1.165) is 32.3 Å². The van der Waals surface area contributed by atoms with Crippen molar-refractivity contribution in [3.63, 3.8) is 0 Å². The largest absolute Gasteiger partial charge is 0.514 e. The smallest absolute Gasteiger partial charge is 0.429 e. The summed E-state index contributed by atoms with van der Waals surface area (Å²) in [6, 6.07) is 89.5. The lowest BCUT2D eigenvalue weighted by atomic mass is 9.67. The van der Waals surface area contributed by atoms with Crippen molar-refractivity contribution in [3.05, 3.63) is 299 Å². The Hall–Kier alpha value is -9.98. The van der Waals surface area contributed by atoms with Crippen LogP contribution in [0, 0.1) is 0 Å². The molecule has 2 aliphatic rings. The molecule has 0 saturated heterocycles. The fourth-order valence-electron chi connectivity index (χ4n) is 12.3. The standard InChI is InChI=1S/C43H40O6.C22H15N.2C9H12.C2H6/c1-41(2,3)48-39(44)46-33-21-17-27-23-31(19-15-29(27)25-33)43(37-13-9-7-11-35(37)36-12-8-10-14-38(36)43)32-20-16-30-26-34(22-18-28(30)24-32)47-40(45)49-42(4,5)6;1-2-10-17-16(8-1)9-7-15-20(17)23-21-13-5-3-11-18(21)19-12-4-6-14-22(19)23;2*1-8(2)9-6-4-3-5-7-9;1-2/h7-21,23-26,34H,22H2,1-6H3;1-15H;2*3-8H,1-2H3;1-2H3. The van der Waals surface area contributed by atoms with Crippen molar-refractivity contribution in [1.29, 1.82) is 0 Å². The van der Waals surface area contributed by atoms with Gasteiger partial charge in [0.2, 0.25) is 0 Å². The first kappa shape index (κ1) is 65.0. The highest BCUT2D eigenvalue weighted by atomic mass is 16.7. The number of benzene rings is 11. The highest BCUT2D eigenvalue weighted by Gasteiger charge is 2.46. The lowest BCUT2D eigenvalue weighted by Gasteiger charge is -2.34. The second-order valence-corrected chi connectivity index (χ2v) is 25.7. The highest BCUT2D eigenvalue weighted by molar-refractivity contribution is 6.10. The molecule has 1 heterocycles. The summed E-state index contributed by atoms with van der Waals surface area (Å²) in [5, 5.41) is 9.22.